The first-order chi connectivity index (χ1) is 10.2. The third kappa shape index (κ3) is 4.06. The normalized spacial score (nSPS) is 13.7. The van der Waals surface area contributed by atoms with Gasteiger partial charge in [0.05, 0.1) is 26.9 Å². The van der Waals surface area contributed by atoms with E-state index in [-0.39, 0.29) is 6.61 Å². The molecule has 0 fully saturated rings. The number of hydrogen-bond donors (Lipinski definition) is 1. The minimum absolute atomic E-state index is 0.0228. The van der Waals surface area contributed by atoms with Gasteiger partial charge in [0.15, 0.2) is 0 Å². The van der Waals surface area contributed by atoms with Gasteiger partial charge in [-0.15, -0.1) is 0 Å². The number of aliphatic hydroxyl groups excluding tert-OH is 1. The number of hydrogen-bond acceptors (Lipinski definition) is 3. The highest BCUT2D eigenvalue weighted by molar-refractivity contribution is 5.33. The van der Waals surface area contributed by atoms with Gasteiger partial charge in [0.1, 0.15) is 5.75 Å². The summed E-state index contributed by atoms with van der Waals surface area (Å²) in [6, 6.07) is 17.8. The van der Waals surface area contributed by atoms with Crippen molar-refractivity contribution >= 4 is 0 Å². The van der Waals surface area contributed by atoms with Crippen LogP contribution in [0.3, 0.4) is 0 Å². The van der Waals surface area contributed by atoms with Gasteiger partial charge in [0.2, 0.25) is 0 Å². The average molecular weight is 286 g/mol. The molecule has 3 nitrogen and oxygen atoms in total. The lowest BCUT2D eigenvalue weighted by atomic mass is 9.84. The fraction of sp³-hybridized carbons (Fsp3) is 0.333. The van der Waals surface area contributed by atoms with Crippen LogP contribution < -0.4 is 4.74 Å². The van der Waals surface area contributed by atoms with Crippen molar-refractivity contribution in [3.05, 3.63) is 65.7 Å². The van der Waals surface area contributed by atoms with Crippen molar-refractivity contribution in [3.63, 3.8) is 0 Å². The molecule has 3 heteroatoms. The predicted octanol–water partition coefficient (Wildman–Crippen LogP) is 3.16. The molecule has 0 bridgehead atoms. The Hall–Kier alpha value is -1.84. The van der Waals surface area contributed by atoms with Gasteiger partial charge in [-0.25, -0.2) is 0 Å². The van der Waals surface area contributed by atoms with Crippen molar-refractivity contribution in [1.82, 2.24) is 0 Å². The van der Waals surface area contributed by atoms with E-state index in [1.54, 1.807) is 7.11 Å². The van der Waals surface area contributed by atoms with E-state index in [1.165, 1.54) is 0 Å². The lowest BCUT2D eigenvalue weighted by molar-refractivity contribution is 0.0496. The molecule has 0 aliphatic heterocycles. The first kappa shape index (κ1) is 15.5. The van der Waals surface area contributed by atoms with Crippen LogP contribution in [0.1, 0.15) is 18.1 Å². The van der Waals surface area contributed by atoms with Crippen molar-refractivity contribution in [2.45, 2.75) is 18.9 Å². The van der Waals surface area contributed by atoms with E-state index >= 15 is 0 Å². The molecule has 1 atom stereocenters. The van der Waals surface area contributed by atoms with E-state index in [0.717, 1.165) is 16.9 Å². The lowest BCUT2D eigenvalue weighted by Gasteiger charge is -2.28. The third-order valence-electron chi connectivity index (χ3n) is 3.65. The molecule has 0 spiro atoms. The number of ether oxygens (including phenoxy) is 2. The second kappa shape index (κ2) is 7.25. The second-order valence-electron chi connectivity index (χ2n) is 5.43. The summed E-state index contributed by atoms with van der Waals surface area (Å²) in [5.41, 5.74) is 1.70. The Kier molecular flexibility index (Phi) is 5.37. The SMILES string of the molecule is COc1cccc([C@@](C)(CO)COCc2ccccc2)c1. The molecular formula is C18H22O3. The Bertz CT molecular complexity index is 553. The van der Waals surface area contributed by atoms with Gasteiger partial charge in [-0.3, -0.25) is 0 Å². The summed E-state index contributed by atoms with van der Waals surface area (Å²) in [5, 5.41) is 9.78. The van der Waals surface area contributed by atoms with Crippen LogP contribution in [-0.2, 0) is 16.8 Å². The topological polar surface area (TPSA) is 38.7 Å². The number of methoxy groups -OCH3 is 1. The molecule has 21 heavy (non-hydrogen) atoms. The summed E-state index contributed by atoms with van der Waals surface area (Å²) in [5.74, 6) is 0.787. The van der Waals surface area contributed by atoms with Crippen molar-refractivity contribution in [2.75, 3.05) is 20.3 Å². The molecule has 2 aromatic carbocycles. The molecular weight excluding hydrogens is 264 g/mol. The maximum absolute atomic E-state index is 9.78. The average Bonchev–Trinajstić information content (AvgIpc) is 2.55. The van der Waals surface area contributed by atoms with Crippen LogP contribution in [0.25, 0.3) is 0 Å². The quantitative estimate of drug-likeness (QED) is 0.849. The van der Waals surface area contributed by atoms with E-state index in [9.17, 15) is 5.11 Å². The summed E-state index contributed by atoms with van der Waals surface area (Å²) in [6.07, 6.45) is 0. The Balaban J connectivity index is 2.03. The second-order valence-corrected chi connectivity index (χ2v) is 5.43. The number of benzene rings is 2. The molecule has 0 saturated heterocycles. The van der Waals surface area contributed by atoms with Gasteiger partial charge >= 0.3 is 0 Å². The lowest BCUT2D eigenvalue weighted by Crippen LogP contribution is -2.32. The van der Waals surface area contributed by atoms with Crippen LogP contribution in [0.15, 0.2) is 54.6 Å². The van der Waals surface area contributed by atoms with Crippen LogP contribution in [0.2, 0.25) is 0 Å². The Morgan fingerprint density at radius 1 is 1.05 bits per heavy atom. The maximum Gasteiger partial charge on any atom is 0.119 e. The zero-order valence-electron chi connectivity index (χ0n) is 12.6. The molecule has 2 rings (SSSR count). The molecule has 0 amide bonds. The molecule has 0 radical (unpaired) electrons. The van der Waals surface area contributed by atoms with Crippen LogP contribution in [0, 0.1) is 0 Å². The van der Waals surface area contributed by atoms with E-state index in [0.29, 0.717) is 13.2 Å². The smallest absolute Gasteiger partial charge is 0.119 e. The molecule has 112 valence electrons. The molecule has 0 aromatic heterocycles. The van der Waals surface area contributed by atoms with Gasteiger partial charge in [-0.2, -0.15) is 0 Å². The van der Waals surface area contributed by atoms with Crippen LogP contribution in [0.4, 0.5) is 0 Å². The highest BCUT2D eigenvalue weighted by Gasteiger charge is 2.26. The van der Waals surface area contributed by atoms with Crippen LogP contribution in [-0.4, -0.2) is 25.4 Å². The van der Waals surface area contributed by atoms with E-state index < -0.39 is 5.41 Å². The molecule has 0 aliphatic rings. The Labute approximate surface area is 126 Å². The van der Waals surface area contributed by atoms with Crippen molar-refractivity contribution in [1.29, 1.82) is 0 Å². The molecule has 0 unspecified atom stereocenters. The van der Waals surface area contributed by atoms with Crippen LogP contribution in [0.5, 0.6) is 5.75 Å². The van der Waals surface area contributed by atoms with Crippen LogP contribution >= 0.6 is 0 Å². The van der Waals surface area contributed by atoms with Gasteiger partial charge in [0, 0.05) is 5.41 Å². The van der Waals surface area contributed by atoms with Gasteiger partial charge in [-0.05, 0) is 23.3 Å². The van der Waals surface area contributed by atoms with Crippen molar-refractivity contribution < 1.29 is 14.6 Å². The zero-order chi connectivity index (χ0) is 15.1. The fourth-order valence-electron chi connectivity index (χ4n) is 2.19. The number of rotatable bonds is 7. The standard InChI is InChI=1S/C18H22O3/c1-18(13-19,16-9-6-10-17(11-16)20-2)14-21-12-15-7-4-3-5-8-15/h3-11,19H,12-14H2,1-2H3/t18-/m0/s1. The zero-order valence-corrected chi connectivity index (χ0v) is 12.6. The van der Waals surface area contributed by atoms with E-state index in [2.05, 4.69) is 0 Å². The van der Waals surface area contributed by atoms with Crippen molar-refractivity contribution in [3.8, 4) is 5.75 Å². The van der Waals surface area contributed by atoms with Gasteiger partial charge in [-0.1, -0.05) is 49.4 Å². The highest BCUT2D eigenvalue weighted by atomic mass is 16.5. The molecule has 2 aromatic rings. The van der Waals surface area contributed by atoms with E-state index in [1.807, 2.05) is 61.5 Å². The molecule has 0 saturated carbocycles. The Morgan fingerprint density at radius 2 is 1.81 bits per heavy atom. The van der Waals surface area contributed by atoms with E-state index in [4.69, 9.17) is 9.47 Å². The fourth-order valence-corrected chi connectivity index (χ4v) is 2.19. The molecule has 0 aliphatic carbocycles. The maximum atomic E-state index is 9.78. The summed E-state index contributed by atoms with van der Waals surface area (Å²) >= 11 is 0. The Morgan fingerprint density at radius 3 is 2.48 bits per heavy atom. The molecule has 1 N–H and O–H groups in total. The monoisotopic (exact) mass is 286 g/mol. The minimum atomic E-state index is -0.441. The summed E-state index contributed by atoms with van der Waals surface area (Å²) in [7, 11) is 1.64. The van der Waals surface area contributed by atoms with Gasteiger partial charge < -0.3 is 14.6 Å². The summed E-state index contributed by atoms with van der Waals surface area (Å²) < 4.78 is 11.0. The largest absolute Gasteiger partial charge is 0.497 e. The predicted molar refractivity (Wildman–Crippen MR) is 83.5 cm³/mol. The third-order valence-corrected chi connectivity index (χ3v) is 3.65. The first-order valence-electron chi connectivity index (χ1n) is 7.05. The summed E-state index contributed by atoms with van der Waals surface area (Å²) in [6.45, 7) is 3.01. The highest BCUT2D eigenvalue weighted by Crippen LogP contribution is 2.27. The summed E-state index contributed by atoms with van der Waals surface area (Å²) in [4.78, 5) is 0. The molecule has 0 heterocycles. The first-order valence-corrected chi connectivity index (χ1v) is 7.05. The minimum Gasteiger partial charge on any atom is -0.497 e. The number of aliphatic hydroxyl groups is 1. The van der Waals surface area contributed by atoms with Gasteiger partial charge in [0.25, 0.3) is 0 Å². The van der Waals surface area contributed by atoms with Crippen molar-refractivity contribution in [2.24, 2.45) is 0 Å².